The van der Waals surface area contributed by atoms with Crippen molar-refractivity contribution in [1.29, 1.82) is 0 Å². The molecule has 3 N–H and O–H groups in total. The van der Waals surface area contributed by atoms with Crippen LogP contribution in [0.4, 0.5) is 0 Å². The molecule has 0 radical (unpaired) electrons. The number of fused-ring (bicyclic) bond motifs is 1. The number of aromatic amines is 2. The van der Waals surface area contributed by atoms with Gasteiger partial charge in [-0.15, -0.1) is 0 Å². The summed E-state index contributed by atoms with van der Waals surface area (Å²) < 4.78 is 0. The fourth-order valence-corrected chi connectivity index (χ4v) is 2.51. The van der Waals surface area contributed by atoms with Crippen LogP contribution in [-0.4, -0.2) is 28.8 Å². The summed E-state index contributed by atoms with van der Waals surface area (Å²) in [7, 11) is 0. The van der Waals surface area contributed by atoms with Gasteiger partial charge in [-0.1, -0.05) is 0 Å². The van der Waals surface area contributed by atoms with Crippen LogP contribution >= 0.6 is 0 Å². The SMILES string of the molecule is O=C(c1ccc2[nH]c(=O)[nH]c2c1)C1CCNCC1. The van der Waals surface area contributed by atoms with Crippen molar-refractivity contribution in [3.63, 3.8) is 0 Å². The van der Waals surface area contributed by atoms with Crippen molar-refractivity contribution in [2.45, 2.75) is 12.8 Å². The van der Waals surface area contributed by atoms with Crippen LogP contribution in [0.2, 0.25) is 0 Å². The van der Waals surface area contributed by atoms with Gasteiger partial charge in [-0.25, -0.2) is 4.79 Å². The smallest absolute Gasteiger partial charge is 0.317 e. The van der Waals surface area contributed by atoms with Gasteiger partial charge in [0.25, 0.3) is 0 Å². The van der Waals surface area contributed by atoms with Crippen LogP contribution in [0.5, 0.6) is 0 Å². The van der Waals surface area contributed by atoms with Crippen LogP contribution in [0.3, 0.4) is 0 Å². The lowest BCUT2D eigenvalue weighted by Crippen LogP contribution is -2.31. The summed E-state index contributed by atoms with van der Waals surface area (Å²) in [4.78, 5) is 28.8. The van der Waals surface area contributed by atoms with E-state index in [9.17, 15) is 9.59 Å². The molecule has 1 aromatic carbocycles. The van der Waals surface area contributed by atoms with E-state index in [4.69, 9.17) is 0 Å². The van der Waals surface area contributed by atoms with E-state index < -0.39 is 0 Å². The molecule has 94 valence electrons. The standard InChI is InChI=1S/C13H15N3O2/c17-12(8-3-5-14-6-4-8)9-1-2-10-11(7-9)16-13(18)15-10/h1-2,7-8,14H,3-6H2,(H2,15,16,18). The molecule has 5 nitrogen and oxygen atoms in total. The highest BCUT2D eigenvalue weighted by atomic mass is 16.1. The second kappa shape index (κ2) is 4.42. The number of imidazole rings is 1. The molecule has 5 heteroatoms. The predicted octanol–water partition coefficient (Wildman–Crippen LogP) is 1.04. The van der Waals surface area contributed by atoms with Gasteiger partial charge in [-0.05, 0) is 44.1 Å². The maximum absolute atomic E-state index is 12.3. The Labute approximate surface area is 104 Å². The van der Waals surface area contributed by atoms with Crippen LogP contribution < -0.4 is 11.0 Å². The van der Waals surface area contributed by atoms with Crippen LogP contribution in [0.15, 0.2) is 23.0 Å². The monoisotopic (exact) mass is 245 g/mol. The molecule has 1 aliphatic heterocycles. The number of hydrogen-bond donors (Lipinski definition) is 3. The number of rotatable bonds is 2. The minimum Gasteiger partial charge on any atom is -0.317 e. The predicted molar refractivity (Wildman–Crippen MR) is 68.8 cm³/mol. The molecular formula is C13H15N3O2. The Hall–Kier alpha value is -1.88. The Morgan fingerprint density at radius 1 is 1.11 bits per heavy atom. The zero-order valence-electron chi connectivity index (χ0n) is 9.95. The lowest BCUT2D eigenvalue weighted by atomic mass is 9.89. The largest absolute Gasteiger partial charge is 0.323 e. The Balaban J connectivity index is 1.92. The van der Waals surface area contributed by atoms with E-state index in [1.165, 1.54) is 0 Å². The summed E-state index contributed by atoms with van der Waals surface area (Å²) in [6.45, 7) is 1.80. The van der Waals surface area contributed by atoms with Gasteiger partial charge in [0.2, 0.25) is 0 Å². The maximum atomic E-state index is 12.3. The molecule has 0 saturated carbocycles. The molecule has 18 heavy (non-hydrogen) atoms. The number of nitrogens with one attached hydrogen (secondary N) is 3. The molecule has 0 bridgehead atoms. The van der Waals surface area contributed by atoms with Crippen LogP contribution in [0.1, 0.15) is 23.2 Å². The Kier molecular flexibility index (Phi) is 2.76. The van der Waals surface area contributed by atoms with E-state index in [0.29, 0.717) is 11.1 Å². The highest BCUT2D eigenvalue weighted by Crippen LogP contribution is 2.20. The van der Waals surface area contributed by atoms with E-state index in [0.717, 1.165) is 31.4 Å². The molecule has 0 amide bonds. The van der Waals surface area contributed by atoms with Crippen LogP contribution in [-0.2, 0) is 0 Å². The van der Waals surface area contributed by atoms with Crippen molar-refractivity contribution in [2.75, 3.05) is 13.1 Å². The fraction of sp³-hybridized carbons (Fsp3) is 0.385. The zero-order chi connectivity index (χ0) is 12.5. The van der Waals surface area contributed by atoms with E-state index in [2.05, 4.69) is 15.3 Å². The summed E-state index contributed by atoms with van der Waals surface area (Å²) in [5.41, 5.74) is 1.88. The number of piperidine rings is 1. The van der Waals surface area contributed by atoms with Crippen molar-refractivity contribution < 1.29 is 4.79 Å². The quantitative estimate of drug-likeness (QED) is 0.692. The molecule has 1 saturated heterocycles. The Morgan fingerprint density at radius 3 is 2.61 bits per heavy atom. The number of ketones is 1. The number of H-pyrrole nitrogens is 2. The average Bonchev–Trinajstić information content (AvgIpc) is 2.78. The minimum absolute atomic E-state index is 0.106. The number of carbonyl (C=O) groups is 1. The lowest BCUT2D eigenvalue weighted by Gasteiger charge is -2.21. The van der Waals surface area contributed by atoms with E-state index in [-0.39, 0.29) is 17.4 Å². The molecule has 0 unspecified atom stereocenters. The highest BCUT2D eigenvalue weighted by Gasteiger charge is 2.22. The van der Waals surface area contributed by atoms with Crippen molar-refractivity contribution in [1.82, 2.24) is 15.3 Å². The first-order valence-electron chi connectivity index (χ1n) is 6.21. The number of benzene rings is 1. The van der Waals surface area contributed by atoms with Gasteiger partial charge in [0, 0.05) is 11.5 Å². The van der Waals surface area contributed by atoms with Gasteiger partial charge in [0.05, 0.1) is 11.0 Å². The topological polar surface area (TPSA) is 77.8 Å². The average molecular weight is 245 g/mol. The van der Waals surface area contributed by atoms with Gasteiger partial charge in [-0.2, -0.15) is 0 Å². The van der Waals surface area contributed by atoms with Gasteiger partial charge >= 0.3 is 5.69 Å². The third-order valence-electron chi connectivity index (χ3n) is 3.51. The maximum Gasteiger partial charge on any atom is 0.323 e. The molecule has 3 rings (SSSR count). The summed E-state index contributed by atoms with van der Waals surface area (Å²) in [5, 5.41) is 3.25. The highest BCUT2D eigenvalue weighted by molar-refractivity contribution is 6.00. The zero-order valence-corrected chi connectivity index (χ0v) is 9.95. The molecule has 1 aliphatic rings. The summed E-state index contributed by atoms with van der Waals surface area (Å²) >= 11 is 0. The second-order valence-corrected chi connectivity index (χ2v) is 4.73. The third-order valence-corrected chi connectivity index (χ3v) is 3.51. The van der Waals surface area contributed by atoms with Gasteiger partial charge < -0.3 is 15.3 Å². The van der Waals surface area contributed by atoms with Crippen LogP contribution in [0.25, 0.3) is 11.0 Å². The molecule has 2 heterocycles. The van der Waals surface area contributed by atoms with Crippen molar-refractivity contribution in [3.05, 3.63) is 34.2 Å². The molecule has 0 atom stereocenters. The normalized spacial score (nSPS) is 17.1. The van der Waals surface area contributed by atoms with Gasteiger partial charge in [0.1, 0.15) is 0 Å². The van der Waals surface area contributed by atoms with Crippen molar-refractivity contribution >= 4 is 16.8 Å². The van der Waals surface area contributed by atoms with Gasteiger partial charge in [0.15, 0.2) is 5.78 Å². The van der Waals surface area contributed by atoms with Crippen LogP contribution in [0, 0.1) is 5.92 Å². The fourth-order valence-electron chi connectivity index (χ4n) is 2.51. The molecule has 1 aromatic heterocycles. The third kappa shape index (κ3) is 1.97. The lowest BCUT2D eigenvalue weighted by molar-refractivity contribution is 0.0895. The second-order valence-electron chi connectivity index (χ2n) is 4.73. The molecular weight excluding hydrogens is 230 g/mol. The number of carbonyl (C=O) groups excluding carboxylic acids is 1. The molecule has 0 spiro atoms. The first-order chi connectivity index (χ1) is 8.74. The number of aromatic nitrogens is 2. The van der Waals surface area contributed by atoms with Gasteiger partial charge in [-0.3, -0.25) is 4.79 Å². The summed E-state index contributed by atoms with van der Waals surface area (Å²) in [5.74, 6) is 0.287. The van der Waals surface area contributed by atoms with Crippen molar-refractivity contribution in [2.24, 2.45) is 5.92 Å². The summed E-state index contributed by atoms with van der Waals surface area (Å²) in [6, 6.07) is 5.33. The van der Waals surface area contributed by atoms with Crippen molar-refractivity contribution in [3.8, 4) is 0 Å². The molecule has 2 aromatic rings. The number of hydrogen-bond acceptors (Lipinski definition) is 3. The van der Waals surface area contributed by atoms with E-state index in [1.54, 1.807) is 18.2 Å². The first kappa shape index (κ1) is 11.2. The first-order valence-corrected chi connectivity index (χ1v) is 6.21. The van der Waals surface area contributed by atoms with E-state index in [1.807, 2.05) is 0 Å². The Morgan fingerprint density at radius 2 is 1.83 bits per heavy atom. The van der Waals surface area contributed by atoms with E-state index >= 15 is 0 Å². The molecule has 0 aliphatic carbocycles. The summed E-state index contributed by atoms with van der Waals surface area (Å²) in [6.07, 6.45) is 1.78. The minimum atomic E-state index is -0.239. The number of Topliss-reactive ketones (excluding diaryl/α,β-unsaturated/α-hetero) is 1. The Bertz CT molecular complexity index is 635. The molecule has 1 fully saturated rings.